The summed E-state index contributed by atoms with van der Waals surface area (Å²) in [5, 5.41) is 0. The van der Waals surface area contributed by atoms with Crippen molar-refractivity contribution in [3.05, 3.63) is 31.5 Å². The molecule has 2 aliphatic rings. The van der Waals surface area contributed by atoms with Crippen LogP contribution in [0.4, 0.5) is 0 Å². The number of hydrogen-bond donors (Lipinski definition) is 2. The first-order valence-electron chi connectivity index (χ1n) is 7.28. The Bertz CT molecular complexity index is 605. The van der Waals surface area contributed by atoms with Crippen LogP contribution >= 0.6 is 0 Å². The first-order valence-corrected chi connectivity index (χ1v) is 7.28. The molecule has 3 rings (SSSR count). The molecule has 0 aromatic carbocycles. The van der Waals surface area contributed by atoms with Gasteiger partial charge in [0.1, 0.15) is 0 Å². The van der Waals surface area contributed by atoms with Crippen LogP contribution in [-0.2, 0) is 16.0 Å². The number of hydrogen-bond acceptors (Lipinski definition) is 5. The van der Waals surface area contributed by atoms with Crippen molar-refractivity contribution in [2.24, 2.45) is 5.92 Å². The lowest BCUT2D eigenvalue weighted by atomic mass is 9.93. The normalized spacial score (nSPS) is 24.8. The maximum Gasteiger partial charge on any atom is 0.333 e. The van der Waals surface area contributed by atoms with Gasteiger partial charge < -0.3 is 9.47 Å². The number of ether oxygens (including phenoxy) is 2. The number of nitrogens with one attached hydrogen (secondary N) is 2. The lowest BCUT2D eigenvalue weighted by Gasteiger charge is -2.14. The van der Waals surface area contributed by atoms with Crippen molar-refractivity contribution in [2.75, 3.05) is 13.2 Å². The Morgan fingerprint density at radius 3 is 2.05 bits per heavy atom. The van der Waals surface area contributed by atoms with Gasteiger partial charge in [-0.1, -0.05) is 0 Å². The Balaban J connectivity index is 1.54. The van der Waals surface area contributed by atoms with Crippen LogP contribution in [0.1, 0.15) is 25.7 Å². The van der Waals surface area contributed by atoms with Gasteiger partial charge in [0.15, 0.2) is 0 Å². The highest BCUT2D eigenvalue weighted by molar-refractivity contribution is 4.80. The summed E-state index contributed by atoms with van der Waals surface area (Å²) in [6, 6.07) is 0. The number of nitrogens with zero attached hydrogens (tertiary/aromatic N) is 1. The molecule has 0 saturated carbocycles. The van der Waals surface area contributed by atoms with Crippen molar-refractivity contribution >= 4 is 0 Å². The van der Waals surface area contributed by atoms with Gasteiger partial charge >= 0.3 is 17.1 Å². The molecule has 8 nitrogen and oxygen atoms in total. The molecule has 0 spiro atoms. The van der Waals surface area contributed by atoms with Gasteiger partial charge in [0, 0.05) is 6.54 Å². The van der Waals surface area contributed by atoms with Crippen LogP contribution in [-0.4, -0.2) is 40.0 Å². The summed E-state index contributed by atoms with van der Waals surface area (Å²) in [4.78, 5) is 38.2. The fourth-order valence-electron chi connectivity index (χ4n) is 2.68. The molecular weight excluding hydrogens is 278 g/mol. The zero-order valence-electron chi connectivity index (χ0n) is 11.7. The van der Waals surface area contributed by atoms with Crippen LogP contribution in [0.3, 0.4) is 0 Å². The largest absolute Gasteiger partial charge is 0.373 e. The fourth-order valence-corrected chi connectivity index (χ4v) is 2.68. The van der Waals surface area contributed by atoms with Gasteiger partial charge in [0.25, 0.3) is 0 Å². The molecule has 0 amide bonds. The van der Waals surface area contributed by atoms with Crippen molar-refractivity contribution in [2.45, 2.75) is 44.4 Å². The molecular formula is C13H19N3O5. The highest BCUT2D eigenvalue weighted by Crippen LogP contribution is 2.30. The first-order chi connectivity index (χ1) is 10.1. The molecule has 21 heavy (non-hydrogen) atoms. The summed E-state index contributed by atoms with van der Waals surface area (Å²) in [7, 11) is 0. The van der Waals surface area contributed by atoms with Crippen molar-refractivity contribution in [3.63, 3.8) is 0 Å². The van der Waals surface area contributed by atoms with Gasteiger partial charge in [-0.3, -0.25) is 9.97 Å². The number of H-pyrrole nitrogens is 2. The lowest BCUT2D eigenvalue weighted by molar-refractivity contribution is 0.290. The molecule has 2 saturated heterocycles. The van der Waals surface area contributed by atoms with Gasteiger partial charge in [-0.2, -0.15) is 0 Å². The molecule has 2 aliphatic heterocycles. The van der Waals surface area contributed by atoms with Gasteiger partial charge in [0.05, 0.1) is 25.4 Å². The minimum Gasteiger partial charge on any atom is -0.373 e. The summed E-state index contributed by atoms with van der Waals surface area (Å²) >= 11 is 0. The van der Waals surface area contributed by atoms with Crippen molar-refractivity contribution < 1.29 is 9.47 Å². The molecule has 1 aromatic heterocycles. The second-order valence-corrected chi connectivity index (χ2v) is 5.73. The summed E-state index contributed by atoms with van der Waals surface area (Å²) in [6.07, 6.45) is 4.37. The molecule has 2 atom stereocenters. The Labute approximate surface area is 120 Å². The number of epoxide rings is 2. The van der Waals surface area contributed by atoms with E-state index in [0.29, 0.717) is 31.1 Å². The molecule has 0 bridgehead atoms. The Hall–Kier alpha value is -1.67. The van der Waals surface area contributed by atoms with E-state index in [-0.39, 0.29) is 0 Å². The SMILES string of the molecule is O=c1[nH]c(=O)n(CCCC(CC2CO2)CC2CO2)c(=O)[nH]1. The van der Waals surface area contributed by atoms with E-state index in [0.717, 1.165) is 37.0 Å². The molecule has 0 radical (unpaired) electrons. The molecule has 2 unspecified atom stereocenters. The zero-order valence-corrected chi connectivity index (χ0v) is 11.7. The topological polar surface area (TPSA) is 113 Å². The summed E-state index contributed by atoms with van der Waals surface area (Å²) < 4.78 is 11.6. The Morgan fingerprint density at radius 1 is 1.05 bits per heavy atom. The maximum absolute atomic E-state index is 11.6. The highest BCUT2D eigenvalue weighted by Gasteiger charge is 2.31. The third kappa shape index (κ3) is 4.15. The van der Waals surface area contributed by atoms with Crippen LogP contribution < -0.4 is 17.1 Å². The molecule has 2 N–H and O–H groups in total. The molecule has 1 aromatic rings. The average molecular weight is 297 g/mol. The van der Waals surface area contributed by atoms with E-state index < -0.39 is 17.1 Å². The fraction of sp³-hybridized carbons (Fsp3) is 0.769. The lowest BCUT2D eigenvalue weighted by Crippen LogP contribution is -2.43. The maximum atomic E-state index is 11.6. The Kier molecular flexibility index (Phi) is 4.07. The van der Waals surface area contributed by atoms with E-state index in [1.807, 2.05) is 0 Å². The van der Waals surface area contributed by atoms with Crippen molar-refractivity contribution in [1.29, 1.82) is 0 Å². The third-order valence-corrected chi connectivity index (χ3v) is 3.92. The minimum atomic E-state index is -0.768. The monoisotopic (exact) mass is 297 g/mol. The molecule has 8 heteroatoms. The molecule has 2 fully saturated rings. The van der Waals surface area contributed by atoms with E-state index >= 15 is 0 Å². The third-order valence-electron chi connectivity index (χ3n) is 3.92. The van der Waals surface area contributed by atoms with Crippen LogP contribution in [0, 0.1) is 5.92 Å². The summed E-state index contributed by atoms with van der Waals surface area (Å²) in [6.45, 7) is 1.97. The summed E-state index contributed by atoms with van der Waals surface area (Å²) in [5.41, 5.74) is -2.08. The van der Waals surface area contributed by atoms with Gasteiger partial charge in [0.2, 0.25) is 0 Å². The molecule has 116 valence electrons. The second kappa shape index (κ2) is 5.98. The van der Waals surface area contributed by atoms with Crippen LogP contribution in [0.2, 0.25) is 0 Å². The van der Waals surface area contributed by atoms with Gasteiger partial charge in [-0.25, -0.2) is 19.0 Å². The van der Waals surface area contributed by atoms with Gasteiger partial charge in [-0.15, -0.1) is 0 Å². The first kappa shape index (κ1) is 14.3. The predicted octanol–water partition coefficient (Wildman–Crippen LogP) is -0.801. The average Bonchev–Trinajstić information content (AvgIpc) is 3.28. The highest BCUT2D eigenvalue weighted by atomic mass is 16.6. The standard InChI is InChI=1S/C13H19N3O5/c17-11-14-12(18)16(13(19)15-11)3-1-2-8(4-9-6-20-9)5-10-7-21-10/h8-10H,1-7H2,(H2,14,15,17,18,19). The van der Waals surface area contributed by atoms with Gasteiger partial charge in [-0.05, 0) is 31.6 Å². The molecule has 3 heterocycles. The van der Waals surface area contributed by atoms with E-state index in [1.54, 1.807) is 0 Å². The van der Waals surface area contributed by atoms with E-state index in [2.05, 4.69) is 9.97 Å². The Morgan fingerprint density at radius 2 is 1.57 bits per heavy atom. The number of aromatic nitrogens is 3. The van der Waals surface area contributed by atoms with Crippen LogP contribution in [0.5, 0.6) is 0 Å². The quantitative estimate of drug-likeness (QED) is 0.610. The zero-order chi connectivity index (χ0) is 14.8. The van der Waals surface area contributed by atoms with E-state index in [4.69, 9.17) is 9.47 Å². The van der Waals surface area contributed by atoms with Crippen LogP contribution in [0.25, 0.3) is 0 Å². The smallest absolute Gasteiger partial charge is 0.333 e. The van der Waals surface area contributed by atoms with Crippen molar-refractivity contribution in [3.8, 4) is 0 Å². The predicted molar refractivity (Wildman–Crippen MR) is 73.4 cm³/mol. The van der Waals surface area contributed by atoms with E-state index in [9.17, 15) is 14.4 Å². The summed E-state index contributed by atoms with van der Waals surface area (Å²) in [5.74, 6) is 0.488. The minimum absolute atomic E-state index is 0.304. The molecule has 0 aliphatic carbocycles. The van der Waals surface area contributed by atoms with E-state index in [1.165, 1.54) is 0 Å². The number of aromatic amines is 2. The van der Waals surface area contributed by atoms with Crippen molar-refractivity contribution in [1.82, 2.24) is 14.5 Å². The van der Waals surface area contributed by atoms with Crippen LogP contribution in [0.15, 0.2) is 14.4 Å². The second-order valence-electron chi connectivity index (χ2n) is 5.73. The number of rotatable bonds is 8.